The van der Waals surface area contributed by atoms with Crippen molar-refractivity contribution in [3.63, 3.8) is 0 Å². The molecule has 2 aromatic heterocycles. The molecule has 0 aliphatic carbocycles. The lowest BCUT2D eigenvalue weighted by atomic mass is 10.0. The molecule has 0 aromatic carbocycles. The average Bonchev–Trinajstić information content (AvgIpc) is 3.33. The number of likely N-dealkylation sites (tertiary alicyclic amines) is 1. The van der Waals surface area contributed by atoms with E-state index in [0.717, 1.165) is 55.1 Å². The second-order valence-electron chi connectivity index (χ2n) is 9.04. The first-order valence-corrected chi connectivity index (χ1v) is 11.8. The van der Waals surface area contributed by atoms with Crippen molar-refractivity contribution in [1.82, 2.24) is 30.1 Å². The zero-order valence-corrected chi connectivity index (χ0v) is 20.0. The van der Waals surface area contributed by atoms with Gasteiger partial charge in [-0.3, -0.25) is 9.69 Å². The summed E-state index contributed by atoms with van der Waals surface area (Å²) in [5.41, 5.74) is 4.99. The molecule has 1 fully saturated rings. The Morgan fingerprint density at radius 3 is 2.74 bits per heavy atom. The highest BCUT2D eigenvalue weighted by atomic mass is 16.5. The fraction of sp³-hybridized carbons (Fsp3) is 0.400. The van der Waals surface area contributed by atoms with Crippen LogP contribution in [0.3, 0.4) is 0 Å². The second-order valence-corrected chi connectivity index (χ2v) is 9.04. The highest BCUT2D eigenvalue weighted by molar-refractivity contribution is 5.97. The fourth-order valence-corrected chi connectivity index (χ4v) is 4.70. The lowest BCUT2D eigenvalue weighted by molar-refractivity contribution is 0.0593. The van der Waals surface area contributed by atoms with E-state index < -0.39 is 5.97 Å². The van der Waals surface area contributed by atoms with Crippen LogP contribution in [0.5, 0.6) is 0 Å². The predicted molar refractivity (Wildman–Crippen MR) is 129 cm³/mol. The number of fused-ring (bicyclic) bond motifs is 1. The van der Waals surface area contributed by atoms with Crippen molar-refractivity contribution >= 4 is 17.8 Å². The van der Waals surface area contributed by atoms with E-state index in [-0.39, 0.29) is 11.6 Å². The Morgan fingerprint density at radius 1 is 1.17 bits per heavy atom. The first-order chi connectivity index (χ1) is 17.0. The maximum Gasteiger partial charge on any atom is 0.356 e. The predicted octanol–water partition coefficient (Wildman–Crippen LogP) is 2.08. The third kappa shape index (κ3) is 5.02. The maximum atomic E-state index is 13.0. The van der Waals surface area contributed by atoms with E-state index in [1.807, 2.05) is 30.2 Å². The molecular formula is C25H29N7O3. The number of esters is 1. The molecule has 0 bridgehead atoms. The lowest BCUT2D eigenvalue weighted by Gasteiger charge is -2.36. The Hall–Kier alpha value is -3.79. The number of ether oxygens (including phenoxy) is 1. The molecule has 10 nitrogen and oxygen atoms in total. The number of piperidine rings is 1. The average molecular weight is 476 g/mol. The van der Waals surface area contributed by atoms with Crippen LogP contribution in [0.1, 0.15) is 51.9 Å². The van der Waals surface area contributed by atoms with Crippen LogP contribution in [0.2, 0.25) is 0 Å². The van der Waals surface area contributed by atoms with Crippen LogP contribution in [0.4, 0.5) is 5.95 Å². The van der Waals surface area contributed by atoms with Crippen molar-refractivity contribution in [3.05, 3.63) is 70.6 Å². The number of pyridine rings is 1. The van der Waals surface area contributed by atoms with Crippen LogP contribution in [-0.2, 0) is 17.8 Å². The standard InChI is InChI=1S/C25H29N7O3/c1-16-3-4-19(13-27-16)29-25-28-12-18-14-32(15-22(18)30-25)20-6-9-31(10-7-20)23(33)17-5-8-26-21(11-17)24(34)35-2/h3-5,8,11-12,20,27H,6-7,9-10,13-15H2,1-2H3,(H,28,29,30). The number of dihydropyridines is 1. The monoisotopic (exact) mass is 475 g/mol. The summed E-state index contributed by atoms with van der Waals surface area (Å²) < 4.78 is 4.71. The number of rotatable bonds is 5. The summed E-state index contributed by atoms with van der Waals surface area (Å²) in [7, 11) is 1.30. The molecule has 182 valence electrons. The highest BCUT2D eigenvalue weighted by Crippen LogP contribution is 2.28. The number of nitrogens with one attached hydrogen (secondary N) is 2. The van der Waals surface area contributed by atoms with Crippen LogP contribution < -0.4 is 10.6 Å². The Kier molecular flexibility index (Phi) is 6.45. The normalized spacial score (nSPS) is 18.3. The molecule has 3 aliphatic heterocycles. The van der Waals surface area contributed by atoms with Gasteiger partial charge in [0.1, 0.15) is 5.69 Å². The number of amides is 1. The molecule has 35 heavy (non-hydrogen) atoms. The number of anilines is 1. The number of hydrogen-bond acceptors (Lipinski definition) is 9. The van der Waals surface area contributed by atoms with Gasteiger partial charge in [-0.1, -0.05) is 0 Å². The van der Waals surface area contributed by atoms with E-state index in [1.165, 1.54) is 19.4 Å². The van der Waals surface area contributed by atoms with Crippen molar-refractivity contribution in [3.8, 4) is 0 Å². The number of carbonyl (C=O) groups excluding carboxylic acids is 2. The topological polar surface area (TPSA) is 113 Å². The summed E-state index contributed by atoms with van der Waals surface area (Å²) in [5, 5.41) is 6.61. The summed E-state index contributed by atoms with van der Waals surface area (Å²) in [4.78, 5) is 42.3. The number of aromatic nitrogens is 3. The van der Waals surface area contributed by atoms with Gasteiger partial charge in [-0.2, -0.15) is 0 Å². The van der Waals surface area contributed by atoms with Crippen LogP contribution in [0, 0.1) is 0 Å². The van der Waals surface area contributed by atoms with Crippen LogP contribution in [0.25, 0.3) is 0 Å². The first-order valence-electron chi connectivity index (χ1n) is 11.8. The zero-order valence-electron chi connectivity index (χ0n) is 20.0. The zero-order chi connectivity index (χ0) is 24.4. The Labute approximate surface area is 204 Å². The molecule has 5 rings (SSSR count). The second kappa shape index (κ2) is 9.83. The van der Waals surface area contributed by atoms with Crippen molar-refractivity contribution in [1.29, 1.82) is 0 Å². The van der Waals surface area contributed by atoms with Gasteiger partial charge in [-0.05, 0) is 44.1 Å². The smallest absolute Gasteiger partial charge is 0.356 e. The van der Waals surface area contributed by atoms with E-state index in [1.54, 1.807) is 6.07 Å². The summed E-state index contributed by atoms with van der Waals surface area (Å²) in [6, 6.07) is 3.52. The molecular weight excluding hydrogens is 446 g/mol. The first kappa shape index (κ1) is 23.0. The molecule has 0 radical (unpaired) electrons. The molecule has 2 aromatic rings. The molecule has 1 saturated heterocycles. The Bertz CT molecular complexity index is 1200. The molecule has 1 amide bonds. The van der Waals surface area contributed by atoms with Gasteiger partial charge < -0.3 is 20.3 Å². The molecule has 10 heteroatoms. The summed E-state index contributed by atoms with van der Waals surface area (Å²) in [6.45, 7) is 5.71. The Morgan fingerprint density at radius 2 is 2.00 bits per heavy atom. The number of methoxy groups -OCH3 is 1. The van der Waals surface area contributed by atoms with Crippen molar-refractivity contribution < 1.29 is 14.3 Å². The van der Waals surface area contributed by atoms with Crippen molar-refractivity contribution in [2.45, 2.75) is 38.9 Å². The molecule has 0 unspecified atom stereocenters. The lowest BCUT2D eigenvalue weighted by Crippen LogP contribution is -2.45. The highest BCUT2D eigenvalue weighted by Gasteiger charge is 2.32. The summed E-state index contributed by atoms with van der Waals surface area (Å²) >= 11 is 0. The minimum Gasteiger partial charge on any atom is -0.464 e. The van der Waals surface area contributed by atoms with Crippen molar-refractivity contribution in [2.75, 3.05) is 32.1 Å². The van der Waals surface area contributed by atoms with E-state index in [2.05, 4.69) is 25.5 Å². The molecule has 5 heterocycles. The third-order valence-corrected chi connectivity index (χ3v) is 6.71. The maximum absolute atomic E-state index is 13.0. The molecule has 0 atom stereocenters. The van der Waals surface area contributed by atoms with E-state index in [0.29, 0.717) is 30.6 Å². The SMILES string of the molecule is COC(=O)c1cc(C(=O)N2CCC(N3Cc4cnc(NC5=CC=C(C)NC5)nc4C3)CC2)ccn1. The van der Waals surface area contributed by atoms with Crippen LogP contribution in [0.15, 0.2) is 48.1 Å². The van der Waals surface area contributed by atoms with Gasteiger partial charge in [0, 0.05) is 67.1 Å². The van der Waals surface area contributed by atoms with Gasteiger partial charge in [0.05, 0.1) is 19.3 Å². The molecule has 0 saturated carbocycles. The van der Waals surface area contributed by atoms with Crippen molar-refractivity contribution in [2.24, 2.45) is 0 Å². The minimum atomic E-state index is -0.549. The number of carbonyl (C=O) groups is 2. The molecule has 2 N–H and O–H groups in total. The molecule has 3 aliphatic rings. The quantitative estimate of drug-likeness (QED) is 0.628. The summed E-state index contributed by atoms with van der Waals surface area (Å²) in [6.07, 6.45) is 9.24. The van der Waals surface area contributed by atoms with Gasteiger partial charge in [0.2, 0.25) is 5.95 Å². The fourth-order valence-electron chi connectivity index (χ4n) is 4.70. The number of hydrogen-bond donors (Lipinski definition) is 2. The van der Waals surface area contributed by atoms with Gasteiger partial charge in [0.25, 0.3) is 5.91 Å². The van der Waals surface area contributed by atoms with Crippen LogP contribution >= 0.6 is 0 Å². The largest absolute Gasteiger partial charge is 0.464 e. The van der Waals surface area contributed by atoms with Gasteiger partial charge in [0.15, 0.2) is 0 Å². The summed E-state index contributed by atoms with van der Waals surface area (Å²) in [5.74, 6) is -0.0120. The van der Waals surface area contributed by atoms with Gasteiger partial charge in [-0.25, -0.2) is 19.7 Å². The van der Waals surface area contributed by atoms with Gasteiger partial charge in [-0.15, -0.1) is 0 Å². The number of allylic oxidation sites excluding steroid dienone is 3. The van der Waals surface area contributed by atoms with Gasteiger partial charge >= 0.3 is 5.97 Å². The van der Waals surface area contributed by atoms with E-state index >= 15 is 0 Å². The minimum absolute atomic E-state index is 0.0844. The number of nitrogens with zero attached hydrogens (tertiary/aromatic N) is 5. The third-order valence-electron chi connectivity index (χ3n) is 6.71. The van der Waals surface area contributed by atoms with Crippen LogP contribution in [-0.4, -0.2) is 69.4 Å². The van der Waals surface area contributed by atoms with E-state index in [9.17, 15) is 9.59 Å². The van der Waals surface area contributed by atoms with E-state index in [4.69, 9.17) is 9.72 Å². The Balaban J connectivity index is 1.17. The molecule has 0 spiro atoms.